The molecule has 30 heavy (non-hydrogen) atoms. The number of hydrogen-bond donors (Lipinski definition) is 0. The lowest BCUT2D eigenvalue weighted by Crippen LogP contribution is -2.40. The van der Waals surface area contributed by atoms with Crippen LogP contribution in [0.1, 0.15) is 19.8 Å². The fourth-order valence-corrected chi connectivity index (χ4v) is 4.73. The summed E-state index contributed by atoms with van der Waals surface area (Å²) in [5.74, 6) is 0.841. The number of amides is 1. The molecule has 0 bridgehead atoms. The summed E-state index contributed by atoms with van der Waals surface area (Å²) in [5.41, 5.74) is 0.969. The Hall–Kier alpha value is -2.38. The van der Waals surface area contributed by atoms with Crippen molar-refractivity contribution in [3.05, 3.63) is 59.4 Å². The molecule has 0 radical (unpaired) electrons. The maximum atomic E-state index is 14.7. The molecule has 1 saturated heterocycles. The minimum Gasteiger partial charge on any atom is -0.342 e. The molecule has 4 rings (SSSR count). The molecule has 1 aliphatic rings. The quantitative estimate of drug-likeness (QED) is 0.515. The molecule has 1 aliphatic heterocycles. The molecule has 2 aromatic carbocycles. The molecular weight excluding hydrogens is 423 g/mol. The first-order chi connectivity index (χ1) is 14.5. The van der Waals surface area contributed by atoms with Gasteiger partial charge in [-0.3, -0.25) is 9.36 Å². The summed E-state index contributed by atoms with van der Waals surface area (Å²) in [6, 6.07) is 13.7. The fraction of sp³-hybridized carbons (Fsp3) is 0.318. The number of benzene rings is 2. The van der Waals surface area contributed by atoms with Gasteiger partial charge in [0.25, 0.3) is 0 Å². The molecule has 5 nitrogen and oxygen atoms in total. The van der Waals surface area contributed by atoms with Crippen molar-refractivity contribution in [1.29, 1.82) is 0 Å². The van der Waals surface area contributed by atoms with Gasteiger partial charge in [-0.15, -0.1) is 10.2 Å². The lowest BCUT2D eigenvalue weighted by Gasteiger charge is -2.30. The molecule has 8 heteroatoms. The van der Waals surface area contributed by atoms with E-state index in [1.165, 1.54) is 17.8 Å². The van der Waals surface area contributed by atoms with E-state index >= 15 is 0 Å². The van der Waals surface area contributed by atoms with Crippen LogP contribution in [0.3, 0.4) is 0 Å². The number of nitrogens with zero attached hydrogens (tertiary/aromatic N) is 4. The second-order valence-corrected chi connectivity index (χ2v) is 8.80. The average Bonchev–Trinajstić information content (AvgIpc) is 3.16. The number of thioether (sulfide) groups is 1. The third kappa shape index (κ3) is 4.37. The van der Waals surface area contributed by atoms with Gasteiger partial charge in [-0.05, 0) is 43.0 Å². The Morgan fingerprint density at radius 2 is 1.97 bits per heavy atom. The van der Waals surface area contributed by atoms with Crippen molar-refractivity contribution in [3.63, 3.8) is 0 Å². The molecule has 1 aromatic heterocycles. The second kappa shape index (κ2) is 9.18. The topological polar surface area (TPSA) is 51.0 Å². The van der Waals surface area contributed by atoms with E-state index in [4.69, 9.17) is 11.6 Å². The van der Waals surface area contributed by atoms with Crippen molar-refractivity contribution < 1.29 is 9.18 Å². The predicted octanol–water partition coefficient (Wildman–Crippen LogP) is 5.08. The van der Waals surface area contributed by atoms with Gasteiger partial charge in [0.15, 0.2) is 11.0 Å². The van der Waals surface area contributed by atoms with Crippen molar-refractivity contribution in [3.8, 4) is 17.1 Å². The number of likely N-dealkylation sites (tertiary alicyclic amines) is 1. The predicted molar refractivity (Wildman–Crippen MR) is 117 cm³/mol. The highest BCUT2D eigenvalue weighted by Gasteiger charge is 2.24. The van der Waals surface area contributed by atoms with Crippen LogP contribution in [0.5, 0.6) is 0 Å². The van der Waals surface area contributed by atoms with Crippen molar-refractivity contribution in [2.75, 3.05) is 18.8 Å². The van der Waals surface area contributed by atoms with Crippen LogP contribution in [0.15, 0.2) is 53.7 Å². The Balaban J connectivity index is 1.66. The van der Waals surface area contributed by atoms with E-state index in [0.717, 1.165) is 25.9 Å². The molecule has 0 spiro atoms. The van der Waals surface area contributed by atoms with Gasteiger partial charge >= 0.3 is 0 Å². The normalized spacial score (nSPS) is 16.6. The number of carbonyl (C=O) groups excluding carboxylic acids is 1. The van der Waals surface area contributed by atoms with Gasteiger partial charge < -0.3 is 4.90 Å². The van der Waals surface area contributed by atoms with Crippen LogP contribution >= 0.6 is 23.4 Å². The van der Waals surface area contributed by atoms with Crippen molar-refractivity contribution in [2.45, 2.75) is 24.9 Å². The first-order valence-corrected chi connectivity index (χ1v) is 11.3. The van der Waals surface area contributed by atoms with Crippen molar-refractivity contribution in [1.82, 2.24) is 19.7 Å². The lowest BCUT2D eigenvalue weighted by atomic mass is 10.0. The molecule has 1 atom stereocenters. The number of para-hydroxylation sites is 1. The summed E-state index contributed by atoms with van der Waals surface area (Å²) in [4.78, 5) is 14.6. The van der Waals surface area contributed by atoms with Crippen LogP contribution in [0.25, 0.3) is 17.1 Å². The first-order valence-electron chi connectivity index (χ1n) is 9.90. The van der Waals surface area contributed by atoms with Crippen LogP contribution < -0.4 is 0 Å². The smallest absolute Gasteiger partial charge is 0.233 e. The molecule has 1 unspecified atom stereocenters. The summed E-state index contributed by atoms with van der Waals surface area (Å²) >= 11 is 7.63. The SMILES string of the molecule is CC1CCCN(C(=O)CSc2nnc(-c3ccccc3Cl)n2-c2ccccc2F)C1. The summed E-state index contributed by atoms with van der Waals surface area (Å²) in [7, 11) is 0. The van der Waals surface area contributed by atoms with E-state index in [1.54, 1.807) is 28.8 Å². The van der Waals surface area contributed by atoms with Crippen LogP contribution in [0.4, 0.5) is 4.39 Å². The van der Waals surface area contributed by atoms with E-state index in [-0.39, 0.29) is 11.7 Å². The zero-order chi connectivity index (χ0) is 21.1. The van der Waals surface area contributed by atoms with Gasteiger partial charge in [-0.25, -0.2) is 4.39 Å². The molecule has 0 N–H and O–H groups in total. The van der Waals surface area contributed by atoms with E-state index in [0.29, 0.717) is 33.2 Å². The Morgan fingerprint density at radius 1 is 1.20 bits per heavy atom. The maximum Gasteiger partial charge on any atom is 0.233 e. The van der Waals surface area contributed by atoms with Crippen LogP contribution in [0.2, 0.25) is 5.02 Å². The largest absolute Gasteiger partial charge is 0.342 e. The summed E-state index contributed by atoms with van der Waals surface area (Å²) < 4.78 is 16.3. The van der Waals surface area contributed by atoms with Gasteiger partial charge in [0.05, 0.1) is 16.5 Å². The molecule has 156 valence electrons. The Morgan fingerprint density at radius 3 is 2.73 bits per heavy atom. The van der Waals surface area contributed by atoms with Gasteiger partial charge in [-0.1, -0.05) is 54.6 Å². The highest BCUT2D eigenvalue weighted by Crippen LogP contribution is 2.32. The number of piperidine rings is 1. The van der Waals surface area contributed by atoms with Gasteiger partial charge in [0, 0.05) is 18.7 Å². The van der Waals surface area contributed by atoms with E-state index in [2.05, 4.69) is 17.1 Å². The minimum absolute atomic E-state index is 0.0638. The minimum atomic E-state index is -0.399. The van der Waals surface area contributed by atoms with Crippen LogP contribution in [-0.4, -0.2) is 44.4 Å². The molecule has 0 saturated carbocycles. The van der Waals surface area contributed by atoms with Gasteiger partial charge in [0.2, 0.25) is 5.91 Å². The summed E-state index contributed by atoms with van der Waals surface area (Å²) in [6.45, 7) is 3.73. The molecule has 1 amide bonds. The fourth-order valence-electron chi connectivity index (χ4n) is 3.66. The number of aromatic nitrogens is 3. The Kier molecular flexibility index (Phi) is 6.39. The standard InChI is InChI=1S/C22H22ClFN4OS/c1-15-7-6-12-27(13-15)20(29)14-30-22-26-25-21(16-8-2-3-9-17(16)23)28(22)19-11-5-4-10-18(19)24/h2-5,8-11,15H,6-7,12-14H2,1H3. The van der Waals surface area contributed by atoms with E-state index in [9.17, 15) is 9.18 Å². The van der Waals surface area contributed by atoms with E-state index < -0.39 is 5.82 Å². The molecule has 0 aliphatic carbocycles. The molecule has 1 fully saturated rings. The molecule has 3 aromatic rings. The monoisotopic (exact) mass is 444 g/mol. The molecule has 2 heterocycles. The van der Waals surface area contributed by atoms with Crippen LogP contribution in [-0.2, 0) is 4.79 Å². The highest BCUT2D eigenvalue weighted by molar-refractivity contribution is 7.99. The Labute approximate surface area is 184 Å². The highest BCUT2D eigenvalue weighted by atomic mass is 35.5. The number of rotatable bonds is 5. The number of halogens is 2. The first kappa shape index (κ1) is 20.9. The van der Waals surface area contributed by atoms with Gasteiger partial charge in [0.1, 0.15) is 5.82 Å². The number of hydrogen-bond acceptors (Lipinski definition) is 4. The molecular formula is C22H22ClFN4OS. The third-order valence-corrected chi connectivity index (χ3v) is 6.42. The number of carbonyl (C=O) groups is 1. The van der Waals surface area contributed by atoms with E-state index in [1.807, 2.05) is 23.1 Å². The van der Waals surface area contributed by atoms with Crippen molar-refractivity contribution in [2.24, 2.45) is 5.92 Å². The maximum absolute atomic E-state index is 14.7. The van der Waals surface area contributed by atoms with Gasteiger partial charge in [-0.2, -0.15) is 0 Å². The summed E-state index contributed by atoms with van der Waals surface area (Å²) in [5, 5.41) is 9.50. The Bertz CT molecular complexity index is 1060. The second-order valence-electron chi connectivity index (χ2n) is 7.45. The third-order valence-electron chi connectivity index (χ3n) is 5.18. The average molecular weight is 445 g/mol. The zero-order valence-electron chi connectivity index (χ0n) is 16.6. The van der Waals surface area contributed by atoms with Crippen LogP contribution in [0, 0.1) is 11.7 Å². The van der Waals surface area contributed by atoms with Crippen molar-refractivity contribution >= 4 is 29.3 Å². The zero-order valence-corrected chi connectivity index (χ0v) is 18.2. The summed E-state index contributed by atoms with van der Waals surface area (Å²) in [6.07, 6.45) is 2.18. The lowest BCUT2D eigenvalue weighted by molar-refractivity contribution is -0.130.